The zero-order valence-electron chi connectivity index (χ0n) is 16.7. The molecule has 3 rings (SSSR count). The van der Waals surface area contributed by atoms with E-state index in [0.29, 0.717) is 36.9 Å². The summed E-state index contributed by atoms with van der Waals surface area (Å²) in [5, 5.41) is 3.65. The van der Waals surface area contributed by atoms with Gasteiger partial charge in [0.2, 0.25) is 11.8 Å². The summed E-state index contributed by atoms with van der Waals surface area (Å²) < 4.78 is 0. The topological polar surface area (TPSA) is 55.9 Å². The van der Waals surface area contributed by atoms with Crippen LogP contribution in [0.5, 0.6) is 0 Å². The zero-order chi connectivity index (χ0) is 17.8. The molecule has 0 radical (unpaired) electrons. The van der Waals surface area contributed by atoms with Crippen molar-refractivity contribution in [1.82, 2.24) is 20.0 Å². The molecule has 0 spiro atoms. The number of carbonyl (C=O) groups excluding carboxylic acids is 2. The first-order chi connectivity index (χ1) is 12.1. The predicted octanol–water partition coefficient (Wildman–Crippen LogP) is 1.76. The number of piperazine rings is 1. The van der Waals surface area contributed by atoms with Crippen LogP contribution in [0.25, 0.3) is 0 Å². The molecule has 3 aliphatic heterocycles. The Labute approximate surface area is 176 Å². The third-order valence-electron chi connectivity index (χ3n) is 6.23. The van der Waals surface area contributed by atoms with Gasteiger partial charge in [0.05, 0.1) is 6.54 Å². The highest BCUT2D eigenvalue weighted by molar-refractivity contribution is 5.85. The van der Waals surface area contributed by atoms with Crippen LogP contribution in [0.2, 0.25) is 0 Å². The minimum Gasteiger partial charge on any atom is -0.342 e. The van der Waals surface area contributed by atoms with Gasteiger partial charge >= 0.3 is 0 Å². The average Bonchev–Trinajstić information content (AvgIpc) is 2.95. The molecule has 27 heavy (non-hydrogen) atoms. The monoisotopic (exact) mass is 422 g/mol. The van der Waals surface area contributed by atoms with E-state index in [0.717, 1.165) is 39.3 Å². The van der Waals surface area contributed by atoms with Crippen molar-refractivity contribution in [2.45, 2.75) is 58.0 Å². The summed E-state index contributed by atoms with van der Waals surface area (Å²) in [6.45, 7) is 9.23. The Hall–Kier alpha value is -0.560. The van der Waals surface area contributed by atoms with Gasteiger partial charge < -0.3 is 15.1 Å². The van der Waals surface area contributed by atoms with Gasteiger partial charge in [-0.15, -0.1) is 24.8 Å². The number of likely N-dealkylation sites (N-methyl/N-ethyl adjacent to an activating group) is 1. The quantitative estimate of drug-likeness (QED) is 0.708. The number of nitrogens with one attached hydrogen (secondary N) is 1. The van der Waals surface area contributed by atoms with Gasteiger partial charge in [-0.3, -0.25) is 14.5 Å². The molecule has 6 nitrogen and oxygen atoms in total. The Kier molecular flexibility index (Phi) is 10.4. The summed E-state index contributed by atoms with van der Waals surface area (Å²) in [6.07, 6.45) is 5.62. The summed E-state index contributed by atoms with van der Waals surface area (Å²) in [6, 6.07) is 1.30. The minimum atomic E-state index is 0. The van der Waals surface area contributed by atoms with Crippen molar-refractivity contribution in [2.24, 2.45) is 5.92 Å². The molecule has 0 aromatic heterocycles. The summed E-state index contributed by atoms with van der Waals surface area (Å²) in [4.78, 5) is 30.9. The smallest absolute Gasteiger partial charge is 0.236 e. The predicted molar refractivity (Wildman–Crippen MR) is 113 cm³/mol. The Morgan fingerprint density at radius 1 is 0.963 bits per heavy atom. The number of nitrogens with zero attached hydrogens (tertiary/aromatic N) is 3. The molecular formula is C19H36Cl2N4O2. The Balaban J connectivity index is 0.00000182. The molecule has 8 heteroatoms. The first-order valence-electron chi connectivity index (χ1n) is 10.1. The van der Waals surface area contributed by atoms with Crippen LogP contribution in [-0.2, 0) is 9.59 Å². The number of hydrogen-bond acceptors (Lipinski definition) is 4. The fourth-order valence-corrected chi connectivity index (χ4v) is 4.74. The minimum absolute atomic E-state index is 0. The molecule has 0 aromatic carbocycles. The fourth-order valence-electron chi connectivity index (χ4n) is 4.74. The molecule has 3 saturated heterocycles. The maximum absolute atomic E-state index is 12.6. The molecule has 0 aliphatic carbocycles. The van der Waals surface area contributed by atoms with Crippen molar-refractivity contribution < 1.29 is 9.59 Å². The largest absolute Gasteiger partial charge is 0.342 e. The van der Waals surface area contributed by atoms with Crippen molar-refractivity contribution in [3.63, 3.8) is 0 Å². The lowest BCUT2D eigenvalue weighted by molar-refractivity contribution is -0.135. The Bertz CT molecular complexity index is 470. The van der Waals surface area contributed by atoms with E-state index < -0.39 is 0 Å². The van der Waals surface area contributed by atoms with Gasteiger partial charge in [-0.05, 0) is 45.4 Å². The fraction of sp³-hybridized carbons (Fsp3) is 0.895. The maximum Gasteiger partial charge on any atom is 0.236 e. The van der Waals surface area contributed by atoms with Crippen LogP contribution in [0.3, 0.4) is 0 Å². The highest BCUT2D eigenvalue weighted by Crippen LogP contribution is 2.33. The van der Waals surface area contributed by atoms with Gasteiger partial charge in [0.1, 0.15) is 0 Å². The lowest BCUT2D eigenvalue weighted by Crippen LogP contribution is -2.52. The zero-order valence-corrected chi connectivity index (χ0v) is 18.3. The van der Waals surface area contributed by atoms with Crippen LogP contribution in [0, 0.1) is 5.92 Å². The van der Waals surface area contributed by atoms with Crippen LogP contribution in [0.15, 0.2) is 0 Å². The molecule has 1 N–H and O–H groups in total. The van der Waals surface area contributed by atoms with E-state index in [1.54, 1.807) is 0 Å². The number of halogens is 2. The molecule has 2 unspecified atom stereocenters. The number of hydrogen-bond donors (Lipinski definition) is 1. The van der Waals surface area contributed by atoms with Crippen LogP contribution < -0.4 is 5.32 Å². The van der Waals surface area contributed by atoms with Gasteiger partial charge in [-0.25, -0.2) is 0 Å². The molecule has 3 aliphatic rings. The lowest BCUT2D eigenvalue weighted by Gasteiger charge is -2.36. The highest BCUT2D eigenvalue weighted by atomic mass is 35.5. The third-order valence-corrected chi connectivity index (χ3v) is 6.23. The van der Waals surface area contributed by atoms with Crippen molar-refractivity contribution >= 4 is 36.6 Å². The molecule has 2 amide bonds. The van der Waals surface area contributed by atoms with E-state index in [1.807, 2.05) is 23.6 Å². The first kappa shape index (κ1) is 24.5. The molecule has 0 aromatic rings. The summed E-state index contributed by atoms with van der Waals surface area (Å²) >= 11 is 0. The van der Waals surface area contributed by atoms with Crippen molar-refractivity contribution in [3.8, 4) is 0 Å². The summed E-state index contributed by atoms with van der Waals surface area (Å²) in [5.74, 6) is 1.09. The number of carbonyl (C=O) groups is 2. The lowest BCUT2D eigenvalue weighted by atomic mass is 9.89. The molecule has 2 bridgehead atoms. The maximum atomic E-state index is 12.6. The Morgan fingerprint density at radius 2 is 1.52 bits per heavy atom. The first-order valence-corrected chi connectivity index (χ1v) is 10.1. The van der Waals surface area contributed by atoms with E-state index in [2.05, 4.69) is 10.2 Å². The normalized spacial score (nSPS) is 27.5. The third kappa shape index (κ3) is 6.48. The van der Waals surface area contributed by atoms with Gasteiger partial charge in [0.25, 0.3) is 0 Å². The standard InChI is InChI=1S/C19H34N4O2.2ClH/c1-3-22(4-2)19(25)14-21-7-9-23(10-8-21)18(24)13-15-11-16-5-6-17(12-15)20-16;;/h15-17,20H,3-14H2,1-2H3;2*1H. The van der Waals surface area contributed by atoms with E-state index >= 15 is 0 Å². The highest BCUT2D eigenvalue weighted by Gasteiger charge is 2.35. The van der Waals surface area contributed by atoms with Crippen molar-refractivity contribution in [2.75, 3.05) is 45.8 Å². The second kappa shape index (κ2) is 11.4. The number of piperidine rings is 1. The SMILES string of the molecule is CCN(CC)C(=O)CN1CCN(C(=O)CC2CC3CCC(C2)N3)CC1.Cl.Cl. The van der Waals surface area contributed by atoms with E-state index in [1.165, 1.54) is 25.7 Å². The summed E-state index contributed by atoms with van der Waals surface area (Å²) in [5.41, 5.74) is 0. The second-order valence-corrected chi connectivity index (χ2v) is 7.90. The van der Waals surface area contributed by atoms with E-state index in [4.69, 9.17) is 0 Å². The van der Waals surface area contributed by atoms with Crippen LogP contribution in [-0.4, -0.2) is 84.4 Å². The van der Waals surface area contributed by atoms with Crippen molar-refractivity contribution in [3.05, 3.63) is 0 Å². The molecule has 158 valence electrons. The summed E-state index contributed by atoms with van der Waals surface area (Å²) in [7, 11) is 0. The van der Waals surface area contributed by atoms with Crippen LogP contribution >= 0.6 is 24.8 Å². The van der Waals surface area contributed by atoms with E-state index in [9.17, 15) is 9.59 Å². The molecule has 0 saturated carbocycles. The average molecular weight is 423 g/mol. The molecule has 3 heterocycles. The number of amides is 2. The number of rotatable bonds is 6. The second-order valence-electron chi connectivity index (χ2n) is 7.90. The van der Waals surface area contributed by atoms with Crippen molar-refractivity contribution in [1.29, 1.82) is 0 Å². The number of fused-ring (bicyclic) bond motifs is 2. The Morgan fingerprint density at radius 3 is 2.04 bits per heavy atom. The molecule has 3 fully saturated rings. The van der Waals surface area contributed by atoms with Gasteiger partial charge in [0.15, 0.2) is 0 Å². The van der Waals surface area contributed by atoms with Gasteiger partial charge in [0, 0.05) is 57.8 Å². The van der Waals surface area contributed by atoms with Crippen LogP contribution in [0.1, 0.15) is 46.0 Å². The van der Waals surface area contributed by atoms with Gasteiger partial charge in [-0.1, -0.05) is 0 Å². The van der Waals surface area contributed by atoms with Gasteiger partial charge in [-0.2, -0.15) is 0 Å². The van der Waals surface area contributed by atoms with E-state index in [-0.39, 0.29) is 30.7 Å². The molecule has 2 atom stereocenters. The molecular weight excluding hydrogens is 387 g/mol. The van der Waals surface area contributed by atoms with Crippen LogP contribution in [0.4, 0.5) is 0 Å².